The molecule has 1 atom stereocenters. The topological polar surface area (TPSA) is 27.8 Å². The summed E-state index contributed by atoms with van der Waals surface area (Å²) >= 11 is 0. The van der Waals surface area contributed by atoms with Crippen LogP contribution in [0.2, 0.25) is 0 Å². The minimum atomic E-state index is 0.447. The summed E-state index contributed by atoms with van der Waals surface area (Å²) < 4.78 is 0. The second-order valence-corrected chi connectivity index (χ2v) is 4.99. The zero-order valence-electron chi connectivity index (χ0n) is 11.5. The zero-order chi connectivity index (χ0) is 13.2. The zero-order valence-corrected chi connectivity index (χ0v) is 11.5. The number of nitrogens with one attached hydrogen (secondary N) is 2. The van der Waals surface area contributed by atoms with E-state index in [2.05, 4.69) is 66.6 Å². The molecule has 0 radical (unpaired) electrons. The molecule has 0 saturated carbocycles. The van der Waals surface area contributed by atoms with E-state index in [4.69, 9.17) is 0 Å². The van der Waals surface area contributed by atoms with Crippen molar-refractivity contribution in [3.05, 3.63) is 48.0 Å². The Balaban J connectivity index is 2.15. The van der Waals surface area contributed by atoms with E-state index in [1.807, 2.05) is 0 Å². The van der Waals surface area contributed by atoms with Gasteiger partial charge in [0.1, 0.15) is 0 Å². The lowest BCUT2D eigenvalue weighted by Crippen LogP contribution is -2.19. The Kier molecular flexibility index (Phi) is 3.26. The summed E-state index contributed by atoms with van der Waals surface area (Å²) in [4.78, 5) is 3.47. The molecule has 1 unspecified atom stereocenters. The summed E-state index contributed by atoms with van der Waals surface area (Å²) in [5.74, 6) is 0. The molecule has 0 amide bonds. The van der Waals surface area contributed by atoms with Crippen LogP contribution in [-0.2, 0) is 0 Å². The van der Waals surface area contributed by atoms with Gasteiger partial charge in [-0.3, -0.25) is 0 Å². The summed E-state index contributed by atoms with van der Waals surface area (Å²) in [7, 11) is 0. The summed E-state index contributed by atoms with van der Waals surface area (Å²) in [6.45, 7) is 5.39. The molecule has 0 aliphatic carbocycles. The molecule has 2 N–H and O–H groups in total. The van der Waals surface area contributed by atoms with Crippen LogP contribution in [0.4, 0.5) is 0 Å². The average molecular weight is 252 g/mol. The summed E-state index contributed by atoms with van der Waals surface area (Å²) in [6, 6.07) is 15.7. The van der Waals surface area contributed by atoms with Crippen molar-refractivity contribution in [3.63, 3.8) is 0 Å². The fraction of sp³-hybridized carbons (Fsp3) is 0.294. The van der Waals surface area contributed by atoms with E-state index in [-0.39, 0.29) is 0 Å². The van der Waals surface area contributed by atoms with E-state index in [1.54, 1.807) is 0 Å². The summed E-state index contributed by atoms with van der Waals surface area (Å²) in [6.07, 6.45) is 1.11. The molecule has 2 heteroatoms. The van der Waals surface area contributed by atoms with E-state index in [0.717, 1.165) is 13.0 Å². The molecule has 2 aromatic carbocycles. The lowest BCUT2D eigenvalue weighted by atomic mass is 10.0. The highest BCUT2D eigenvalue weighted by molar-refractivity contribution is 6.07. The van der Waals surface area contributed by atoms with Crippen molar-refractivity contribution in [2.24, 2.45) is 0 Å². The minimum absolute atomic E-state index is 0.447. The highest BCUT2D eigenvalue weighted by Gasteiger charge is 2.10. The Bertz CT molecular complexity index is 697. The normalized spacial score (nSPS) is 13.2. The standard InChI is InChI=1S/C17H20N2/c1-3-15(18-4-2)12-9-10-17-14(11-12)13-7-5-6-8-16(13)19-17/h5-11,15,18-19H,3-4H2,1-2H3. The quantitative estimate of drug-likeness (QED) is 0.708. The van der Waals surface area contributed by atoms with Gasteiger partial charge in [-0.1, -0.05) is 38.1 Å². The molecule has 19 heavy (non-hydrogen) atoms. The number of para-hydroxylation sites is 1. The molecule has 0 aliphatic heterocycles. The molecule has 0 bridgehead atoms. The van der Waals surface area contributed by atoms with E-state index < -0.39 is 0 Å². The van der Waals surface area contributed by atoms with Gasteiger partial charge in [0.2, 0.25) is 0 Å². The largest absolute Gasteiger partial charge is 0.355 e. The van der Waals surface area contributed by atoms with Crippen molar-refractivity contribution in [1.29, 1.82) is 0 Å². The van der Waals surface area contributed by atoms with Crippen LogP contribution in [-0.4, -0.2) is 11.5 Å². The predicted molar refractivity (Wildman–Crippen MR) is 82.5 cm³/mol. The van der Waals surface area contributed by atoms with Gasteiger partial charge in [-0.2, -0.15) is 0 Å². The van der Waals surface area contributed by atoms with Gasteiger partial charge in [-0.25, -0.2) is 0 Å². The Morgan fingerprint density at radius 3 is 2.58 bits per heavy atom. The first kappa shape index (κ1) is 12.2. The van der Waals surface area contributed by atoms with Crippen LogP contribution in [0.1, 0.15) is 31.9 Å². The van der Waals surface area contributed by atoms with E-state index in [0.29, 0.717) is 6.04 Å². The number of rotatable bonds is 4. The average Bonchev–Trinajstić information content (AvgIpc) is 2.82. The maximum Gasteiger partial charge on any atom is 0.0465 e. The van der Waals surface area contributed by atoms with Crippen molar-refractivity contribution in [1.82, 2.24) is 10.3 Å². The molecule has 3 aromatic rings. The lowest BCUT2D eigenvalue weighted by molar-refractivity contribution is 0.538. The maximum atomic E-state index is 3.54. The minimum Gasteiger partial charge on any atom is -0.355 e. The number of hydrogen-bond donors (Lipinski definition) is 2. The van der Waals surface area contributed by atoms with Gasteiger partial charge in [0, 0.05) is 27.8 Å². The third-order valence-electron chi connectivity index (χ3n) is 3.79. The monoisotopic (exact) mass is 252 g/mol. The maximum absolute atomic E-state index is 3.54. The fourth-order valence-electron chi connectivity index (χ4n) is 2.83. The van der Waals surface area contributed by atoms with Gasteiger partial charge in [0.25, 0.3) is 0 Å². The molecule has 98 valence electrons. The van der Waals surface area contributed by atoms with Crippen LogP contribution in [0.3, 0.4) is 0 Å². The van der Waals surface area contributed by atoms with Gasteiger partial charge in [-0.05, 0) is 36.7 Å². The van der Waals surface area contributed by atoms with Crippen molar-refractivity contribution >= 4 is 21.8 Å². The molecule has 1 heterocycles. The number of aromatic nitrogens is 1. The second-order valence-electron chi connectivity index (χ2n) is 4.99. The van der Waals surface area contributed by atoms with E-state index >= 15 is 0 Å². The Hall–Kier alpha value is -1.80. The molecule has 0 saturated heterocycles. The number of fused-ring (bicyclic) bond motifs is 3. The van der Waals surface area contributed by atoms with Crippen molar-refractivity contribution < 1.29 is 0 Å². The Morgan fingerprint density at radius 1 is 1.00 bits per heavy atom. The third kappa shape index (κ3) is 2.13. The lowest BCUT2D eigenvalue weighted by Gasteiger charge is -2.16. The first-order valence-electron chi connectivity index (χ1n) is 7.07. The van der Waals surface area contributed by atoms with Gasteiger partial charge in [0.05, 0.1) is 0 Å². The number of hydrogen-bond acceptors (Lipinski definition) is 1. The van der Waals surface area contributed by atoms with Gasteiger partial charge < -0.3 is 10.3 Å². The van der Waals surface area contributed by atoms with Crippen LogP contribution >= 0.6 is 0 Å². The molecule has 0 spiro atoms. The molecule has 0 fully saturated rings. The van der Waals surface area contributed by atoms with Crippen molar-refractivity contribution in [2.45, 2.75) is 26.3 Å². The summed E-state index contributed by atoms with van der Waals surface area (Å²) in [5, 5.41) is 6.18. The van der Waals surface area contributed by atoms with E-state index in [9.17, 15) is 0 Å². The Morgan fingerprint density at radius 2 is 1.79 bits per heavy atom. The SMILES string of the molecule is CCNC(CC)c1ccc2[nH]c3ccccc3c2c1. The second kappa shape index (κ2) is 5.06. The highest BCUT2D eigenvalue weighted by atomic mass is 14.9. The fourth-order valence-corrected chi connectivity index (χ4v) is 2.83. The van der Waals surface area contributed by atoms with E-state index in [1.165, 1.54) is 27.4 Å². The molecule has 0 aliphatic rings. The first-order valence-corrected chi connectivity index (χ1v) is 7.07. The van der Waals surface area contributed by atoms with Gasteiger partial charge in [-0.15, -0.1) is 0 Å². The number of benzene rings is 2. The number of aromatic amines is 1. The third-order valence-corrected chi connectivity index (χ3v) is 3.79. The molecule has 3 rings (SSSR count). The van der Waals surface area contributed by atoms with Crippen LogP contribution in [0, 0.1) is 0 Å². The van der Waals surface area contributed by atoms with Crippen molar-refractivity contribution in [3.8, 4) is 0 Å². The predicted octanol–water partition coefficient (Wildman–Crippen LogP) is 4.38. The van der Waals surface area contributed by atoms with Gasteiger partial charge in [0.15, 0.2) is 0 Å². The van der Waals surface area contributed by atoms with Crippen LogP contribution in [0.5, 0.6) is 0 Å². The van der Waals surface area contributed by atoms with Crippen LogP contribution in [0.15, 0.2) is 42.5 Å². The molecular formula is C17H20N2. The molecular weight excluding hydrogens is 232 g/mol. The smallest absolute Gasteiger partial charge is 0.0465 e. The highest BCUT2D eigenvalue weighted by Crippen LogP contribution is 2.28. The summed E-state index contributed by atoms with van der Waals surface area (Å²) in [5.41, 5.74) is 3.81. The Labute approximate surface area is 113 Å². The molecule has 2 nitrogen and oxygen atoms in total. The van der Waals surface area contributed by atoms with Crippen molar-refractivity contribution in [2.75, 3.05) is 6.54 Å². The number of H-pyrrole nitrogens is 1. The van der Waals surface area contributed by atoms with Crippen LogP contribution in [0.25, 0.3) is 21.8 Å². The first-order chi connectivity index (χ1) is 9.33. The molecule has 1 aromatic heterocycles. The van der Waals surface area contributed by atoms with Gasteiger partial charge >= 0.3 is 0 Å². The van der Waals surface area contributed by atoms with Crippen LogP contribution < -0.4 is 5.32 Å².